The van der Waals surface area contributed by atoms with Crippen molar-refractivity contribution in [3.8, 4) is 11.5 Å². The topological polar surface area (TPSA) is 64.8 Å². The minimum Gasteiger partial charge on any atom is -0.497 e. The van der Waals surface area contributed by atoms with Crippen molar-refractivity contribution in [2.24, 2.45) is 0 Å². The van der Waals surface area contributed by atoms with E-state index in [0.717, 1.165) is 48.6 Å². The summed E-state index contributed by atoms with van der Waals surface area (Å²) in [4.78, 5) is 15.2. The molecule has 1 unspecified atom stereocenters. The molecular formula is C25H28N2O4. The number of amides is 1. The van der Waals surface area contributed by atoms with Crippen molar-refractivity contribution in [3.05, 3.63) is 76.7 Å². The van der Waals surface area contributed by atoms with Gasteiger partial charge in [0.2, 0.25) is 0 Å². The SMILES string of the molecule is COc1cccc(CC2CCCN2C(=O)c2ccc(OCc3c(C)noc3C)cc2)c1. The molecule has 0 aliphatic carbocycles. The summed E-state index contributed by atoms with van der Waals surface area (Å²) in [7, 11) is 1.67. The summed E-state index contributed by atoms with van der Waals surface area (Å²) in [6.45, 7) is 4.95. The average molecular weight is 421 g/mol. The third kappa shape index (κ3) is 4.74. The van der Waals surface area contributed by atoms with Crippen molar-refractivity contribution in [1.29, 1.82) is 0 Å². The van der Waals surface area contributed by atoms with E-state index in [2.05, 4.69) is 11.2 Å². The monoisotopic (exact) mass is 420 g/mol. The van der Waals surface area contributed by atoms with Crippen LogP contribution in [0, 0.1) is 13.8 Å². The van der Waals surface area contributed by atoms with Crippen molar-refractivity contribution < 1.29 is 18.8 Å². The van der Waals surface area contributed by atoms with Gasteiger partial charge in [-0.15, -0.1) is 0 Å². The van der Waals surface area contributed by atoms with Gasteiger partial charge in [-0.3, -0.25) is 4.79 Å². The Morgan fingerprint density at radius 3 is 2.68 bits per heavy atom. The number of carbonyl (C=O) groups is 1. The molecule has 162 valence electrons. The standard InChI is InChI=1S/C25H28N2O4/c1-17-24(18(2)31-26-17)16-30-22-11-9-20(10-12-22)25(28)27-13-5-7-21(27)14-19-6-4-8-23(15-19)29-3/h4,6,8-12,15,21H,5,7,13-14,16H2,1-3H3. The lowest BCUT2D eigenvalue weighted by atomic mass is 10.0. The number of hydrogen-bond acceptors (Lipinski definition) is 5. The van der Waals surface area contributed by atoms with E-state index < -0.39 is 0 Å². The highest BCUT2D eigenvalue weighted by atomic mass is 16.5. The molecule has 1 atom stereocenters. The lowest BCUT2D eigenvalue weighted by Crippen LogP contribution is -2.36. The molecule has 1 aliphatic rings. The molecule has 6 heteroatoms. The average Bonchev–Trinajstić information content (AvgIpc) is 3.38. The van der Waals surface area contributed by atoms with Crippen molar-refractivity contribution in [2.45, 2.75) is 45.8 Å². The van der Waals surface area contributed by atoms with Crippen LogP contribution in [0.1, 0.15) is 45.8 Å². The normalized spacial score (nSPS) is 15.8. The third-order valence-corrected chi connectivity index (χ3v) is 5.91. The highest BCUT2D eigenvalue weighted by Gasteiger charge is 2.29. The fourth-order valence-electron chi connectivity index (χ4n) is 4.11. The zero-order chi connectivity index (χ0) is 21.8. The molecule has 0 spiro atoms. The van der Waals surface area contributed by atoms with E-state index in [-0.39, 0.29) is 11.9 Å². The van der Waals surface area contributed by atoms with Crippen LogP contribution >= 0.6 is 0 Å². The first-order chi connectivity index (χ1) is 15.0. The maximum atomic E-state index is 13.2. The first kappa shape index (κ1) is 21.0. The Hall–Kier alpha value is -3.28. The van der Waals surface area contributed by atoms with Gasteiger partial charge in [0.15, 0.2) is 0 Å². The summed E-state index contributed by atoms with van der Waals surface area (Å²) in [6, 6.07) is 15.7. The molecule has 0 saturated carbocycles. The van der Waals surface area contributed by atoms with E-state index >= 15 is 0 Å². The molecule has 3 aromatic rings. The minimum atomic E-state index is 0.0719. The predicted octanol–water partition coefficient (Wildman–Crippen LogP) is 4.73. The van der Waals surface area contributed by atoms with Gasteiger partial charge < -0.3 is 18.9 Å². The second-order valence-electron chi connectivity index (χ2n) is 7.97. The summed E-state index contributed by atoms with van der Waals surface area (Å²) in [5.41, 5.74) is 3.66. The maximum absolute atomic E-state index is 13.2. The summed E-state index contributed by atoms with van der Waals surface area (Å²) < 4.78 is 16.4. The number of methoxy groups -OCH3 is 1. The van der Waals surface area contributed by atoms with Gasteiger partial charge in [-0.1, -0.05) is 17.3 Å². The molecule has 0 radical (unpaired) electrons. The second-order valence-corrected chi connectivity index (χ2v) is 7.97. The molecule has 31 heavy (non-hydrogen) atoms. The molecule has 1 fully saturated rings. The van der Waals surface area contributed by atoms with Crippen LogP contribution in [0.3, 0.4) is 0 Å². The van der Waals surface area contributed by atoms with Crippen molar-refractivity contribution in [3.63, 3.8) is 0 Å². The van der Waals surface area contributed by atoms with Gasteiger partial charge in [0, 0.05) is 18.2 Å². The minimum absolute atomic E-state index is 0.0719. The molecule has 2 aromatic carbocycles. The number of ether oxygens (including phenoxy) is 2. The highest BCUT2D eigenvalue weighted by molar-refractivity contribution is 5.94. The van der Waals surface area contributed by atoms with Gasteiger partial charge in [-0.05, 0) is 75.1 Å². The lowest BCUT2D eigenvalue weighted by Gasteiger charge is -2.25. The van der Waals surface area contributed by atoms with E-state index in [9.17, 15) is 4.79 Å². The number of aromatic nitrogens is 1. The van der Waals surface area contributed by atoms with Crippen LogP contribution < -0.4 is 9.47 Å². The summed E-state index contributed by atoms with van der Waals surface area (Å²) >= 11 is 0. The molecule has 6 nitrogen and oxygen atoms in total. The Bertz CT molecular complexity index is 1020. The number of carbonyl (C=O) groups excluding carboxylic acids is 1. The van der Waals surface area contributed by atoms with Crippen LogP contribution in [0.25, 0.3) is 0 Å². The number of nitrogens with zero attached hydrogens (tertiary/aromatic N) is 2. The zero-order valence-electron chi connectivity index (χ0n) is 18.3. The zero-order valence-corrected chi connectivity index (χ0v) is 18.3. The van der Waals surface area contributed by atoms with Crippen molar-refractivity contribution in [2.75, 3.05) is 13.7 Å². The summed E-state index contributed by atoms with van der Waals surface area (Å²) in [5, 5.41) is 3.94. The van der Waals surface area contributed by atoms with Gasteiger partial charge in [-0.2, -0.15) is 0 Å². The lowest BCUT2D eigenvalue weighted by molar-refractivity contribution is 0.0736. The van der Waals surface area contributed by atoms with E-state index in [1.165, 1.54) is 5.56 Å². The molecule has 1 amide bonds. The Morgan fingerprint density at radius 2 is 1.97 bits per heavy atom. The van der Waals surface area contributed by atoms with E-state index in [0.29, 0.717) is 17.9 Å². The third-order valence-electron chi connectivity index (χ3n) is 5.91. The second kappa shape index (κ2) is 9.25. The van der Waals surface area contributed by atoms with Crippen LogP contribution in [-0.2, 0) is 13.0 Å². The van der Waals surface area contributed by atoms with Gasteiger partial charge in [0.1, 0.15) is 23.9 Å². The van der Waals surface area contributed by atoms with Crippen molar-refractivity contribution >= 4 is 5.91 Å². The van der Waals surface area contributed by atoms with Crippen LogP contribution in [0.4, 0.5) is 0 Å². The highest BCUT2D eigenvalue weighted by Crippen LogP contribution is 2.26. The largest absolute Gasteiger partial charge is 0.497 e. The Kier molecular flexibility index (Phi) is 6.26. The molecule has 2 heterocycles. The molecule has 1 saturated heterocycles. The van der Waals surface area contributed by atoms with Gasteiger partial charge >= 0.3 is 0 Å². The molecule has 0 N–H and O–H groups in total. The van der Waals surface area contributed by atoms with Crippen LogP contribution in [0.5, 0.6) is 11.5 Å². The fourth-order valence-corrected chi connectivity index (χ4v) is 4.11. The maximum Gasteiger partial charge on any atom is 0.254 e. The van der Waals surface area contributed by atoms with Gasteiger partial charge in [0.25, 0.3) is 5.91 Å². The van der Waals surface area contributed by atoms with Gasteiger partial charge in [-0.25, -0.2) is 0 Å². The number of benzene rings is 2. The predicted molar refractivity (Wildman–Crippen MR) is 118 cm³/mol. The van der Waals surface area contributed by atoms with E-state index in [1.54, 1.807) is 7.11 Å². The van der Waals surface area contributed by atoms with Crippen LogP contribution in [0.2, 0.25) is 0 Å². The van der Waals surface area contributed by atoms with Crippen LogP contribution in [-0.4, -0.2) is 35.7 Å². The number of rotatable bonds is 7. The number of hydrogen-bond donors (Lipinski definition) is 0. The smallest absolute Gasteiger partial charge is 0.254 e. The molecule has 1 aromatic heterocycles. The molecule has 1 aliphatic heterocycles. The quantitative estimate of drug-likeness (QED) is 0.553. The van der Waals surface area contributed by atoms with E-state index in [4.69, 9.17) is 14.0 Å². The van der Waals surface area contributed by atoms with Crippen LogP contribution in [0.15, 0.2) is 53.1 Å². The Morgan fingerprint density at radius 1 is 1.16 bits per heavy atom. The molecular weight excluding hydrogens is 392 g/mol. The number of aryl methyl sites for hydroxylation is 2. The van der Waals surface area contributed by atoms with Gasteiger partial charge in [0.05, 0.1) is 18.4 Å². The first-order valence-electron chi connectivity index (χ1n) is 10.6. The van der Waals surface area contributed by atoms with Crippen molar-refractivity contribution in [1.82, 2.24) is 10.1 Å². The first-order valence-corrected chi connectivity index (χ1v) is 10.6. The molecule has 4 rings (SSSR count). The Balaban J connectivity index is 1.39. The summed E-state index contributed by atoms with van der Waals surface area (Å²) in [5.74, 6) is 2.40. The number of likely N-dealkylation sites (tertiary alicyclic amines) is 1. The summed E-state index contributed by atoms with van der Waals surface area (Å²) in [6.07, 6.45) is 2.88. The Labute approximate surface area is 182 Å². The molecule has 0 bridgehead atoms. The fraction of sp³-hybridized carbons (Fsp3) is 0.360. The van der Waals surface area contributed by atoms with E-state index in [1.807, 2.05) is 61.2 Å².